The second kappa shape index (κ2) is 11.3. The lowest BCUT2D eigenvalue weighted by molar-refractivity contribution is -0.127. The Morgan fingerprint density at radius 2 is 2.15 bits per heavy atom. The van der Waals surface area contributed by atoms with E-state index in [4.69, 9.17) is 0 Å². The van der Waals surface area contributed by atoms with Crippen LogP contribution in [0.1, 0.15) is 44.8 Å². The zero-order valence-corrected chi connectivity index (χ0v) is 18.6. The molecule has 0 bridgehead atoms. The van der Waals surface area contributed by atoms with E-state index in [9.17, 15) is 4.79 Å². The molecule has 1 unspecified atom stereocenters. The van der Waals surface area contributed by atoms with Crippen molar-refractivity contribution >= 4 is 35.8 Å². The van der Waals surface area contributed by atoms with Crippen molar-refractivity contribution in [1.29, 1.82) is 0 Å². The lowest BCUT2D eigenvalue weighted by atomic mass is 10.1. The Labute approximate surface area is 173 Å². The van der Waals surface area contributed by atoms with E-state index in [0.717, 1.165) is 56.8 Å². The van der Waals surface area contributed by atoms with Crippen molar-refractivity contribution in [2.24, 2.45) is 4.99 Å². The minimum Gasteiger partial charge on any atom is -0.356 e. The molecule has 0 aromatic carbocycles. The molecule has 9 heteroatoms. The number of fused-ring (bicyclic) bond motifs is 1. The number of likely N-dealkylation sites (N-methyl/N-ethyl adjacent to an activating group) is 1. The van der Waals surface area contributed by atoms with Crippen LogP contribution in [0.5, 0.6) is 0 Å². The van der Waals surface area contributed by atoms with Crippen molar-refractivity contribution in [3.63, 3.8) is 0 Å². The third-order valence-corrected chi connectivity index (χ3v) is 4.25. The van der Waals surface area contributed by atoms with Crippen molar-refractivity contribution in [2.75, 3.05) is 27.2 Å². The number of guanidine groups is 1. The average molecular weight is 477 g/mol. The molecule has 0 saturated heterocycles. The Bertz CT molecular complexity index is 600. The lowest BCUT2D eigenvalue weighted by Crippen LogP contribution is -2.47. The maximum Gasteiger partial charge on any atom is 0.243 e. The molecule has 1 amide bonds. The maximum atomic E-state index is 11.8. The van der Waals surface area contributed by atoms with Crippen LogP contribution in [-0.4, -0.2) is 64.8 Å². The Morgan fingerprint density at radius 1 is 1.38 bits per heavy atom. The zero-order chi connectivity index (χ0) is 18.2. The van der Waals surface area contributed by atoms with Gasteiger partial charge in [-0.3, -0.25) is 4.79 Å². The van der Waals surface area contributed by atoms with Gasteiger partial charge in [-0.1, -0.05) is 20.3 Å². The Kier molecular flexibility index (Phi) is 9.89. The van der Waals surface area contributed by atoms with Gasteiger partial charge in [0.15, 0.2) is 11.8 Å². The summed E-state index contributed by atoms with van der Waals surface area (Å²) in [5.74, 6) is 2.66. The predicted octanol–water partition coefficient (Wildman–Crippen LogP) is 1.20. The largest absolute Gasteiger partial charge is 0.356 e. The SMILES string of the molecule is CCCCNC(=NCC(=O)N(C)C)NC1CCc2nc(CC)nn2C1.I. The zero-order valence-electron chi connectivity index (χ0n) is 16.3. The van der Waals surface area contributed by atoms with Gasteiger partial charge >= 0.3 is 0 Å². The minimum absolute atomic E-state index is 0. The van der Waals surface area contributed by atoms with Gasteiger partial charge in [0.05, 0.1) is 6.54 Å². The first-order valence-electron chi connectivity index (χ1n) is 9.21. The van der Waals surface area contributed by atoms with E-state index < -0.39 is 0 Å². The summed E-state index contributed by atoms with van der Waals surface area (Å²) in [5.41, 5.74) is 0. The minimum atomic E-state index is -0.00798. The lowest BCUT2D eigenvalue weighted by Gasteiger charge is -2.25. The molecule has 1 aliphatic heterocycles. The molecule has 1 aromatic rings. The molecule has 0 aliphatic carbocycles. The van der Waals surface area contributed by atoms with Crippen molar-refractivity contribution in [3.8, 4) is 0 Å². The fourth-order valence-corrected chi connectivity index (χ4v) is 2.65. The molecule has 0 saturated carbocycles. The van der Waals surface area contributed by atoms with E-state index in [-0.39, 0.29) is 42.5 Å². The van der Waals surface area contributed by atoms with Crippen LogP contribution in [0, 0.1) is 0 Å². The maximum absolute atomic E-state index is 11.8. The summed E-state index contributed by atoms with van der Waals surface area (Å²) in [6, 6.07) is 0.237. The highest BCUT2D eigenvalue weighted by Gasteiger charge is 2.22. The van der Waals surface area contributed by atoms with Crippen molar-refractivity contribution in [1.82, 2.24) is 30.3 Å². The van der Waals surface area contributed by atoms with Gasteiger partial charge in [-0.15, -0.1) is 24.0 Å². The summed E-state index contributed by atoms with van der Waals surface area (Å²) in [5, 5.41) is 11.3. The molecule has 1 atom stereocenters. The number of unbranched alkanes of at least 4 members (excludes halogenated alkanes) is 1. The second-order valence-corrected chi connectivity index (χ2v) is 6.59. The van der Waals surface area contributed by atoms with Gasteiger partial charge in [0.25, 0.3) is 0 Å². The van der Waals surface area contributed by atoms with Crippen molar-refractivity contribution in [3.05, 3.63) is 11.6 Å². The number of hydrogen-bond donors (Lipinski definition) is 2. The Hall–Kier alpha value is -1.39. The van der Waals surface area contributed by atoms with Crippen LogP contribution in [0.4, 0.5) is 0 Å². The normalized spacial score (nSPS) is 16.5. The smallest absolute Gasteiger partial charge is 0.243 e. The Balaban J connectivity index is 0.00000338. The predicted molar refractivity (Wildman–Crippen MR) is 114 cm³/mol. The van der Waals surface area contributed by atoms with Gasteiger partial charge in [-0.05, 0) is 12.8 Å². The highest BCUT2D eigenvalue weighted by molar-refractivity contribution is 14.0. The molecule has 2 heterocycles. The molecule has 2 N–H and O–H groups in total. The standard InChI is InChI=1S/C17H31N7O.HI/c1-5-7-10-18-17(19-11-16(25)23(3)4)20-13-8-9-15-21-14(6-2)22-24(15)12-13;/h13H,5-12H2,1-4H3,(H2,18,19,20);1H. The number of amides is 1. The molecule has 2 rings (SSSR count). The van der Waals surface area contributed by atoms with Crippen molar-refractivity contribution in [2.45, 2.75) is 58.5 Å². The fourth-order valence-electron chi connectivity index (χ4n) is 2.65. The topological polar surface area (TPSA) is 87.4 Å². The molecule has 1 aliphatic rings. The average Bonchev–Trinajstić information content (AvgIpc) is 3.01. The van der Waals surface area contributed by atoms with E-state index in [0.29, 0.717) is 5.96 Å². The van der Waals surface area contributed by atoms with Gasteiger partial charge in [0.2, 0.25) is 5.91 Å². The quantitative estimate of drug-likeness (QED) is 0.267. The van der Waals surface area contributed by atoms with E-state index in [1.807, 2.05) is 4.68 Å². The number of nitrogens with one attached hydrogen (secondary N) is 2. The number of carbonyl (C=O) groups is 1. The third-order valence-electron chi connectivity index (χ3n) is 4.25. The van der Waals surface area contributed by atoms with Crippen LogP contribution in [0.3, 0.4) is 0 Å². The summed E-state index contributed by atoms with van der Waals surface area (Å²) in [4.78, 5) is 22.4. The summed E-state index contributed by atoms with van der Waals surface area (Å²) in [6.07, 6.45) is 4.93. The van der Waals surface area contributed by atoms with Gasteiger partial charge in [-0.2, -0.15) is 5.10 Å². The molecular formula is C17H32IN7O. The van der Waals surface area contributed by atoms with E-state index in [1.54, 1.807) is 19.0 Å². The number of aromatic nitrogens is 3. The van der Waals surface area contributed by atoms with Gasteiger partial charge in [-0.25, -0.2) is 14.7 Å². The number of aliphatic imine (C=N–C) groups is 1. The van der Waals surface area contributed by atoms with E-state index in [1.165, 1.54) is 0 Å². The summed E-state index contributed by atoms with van der Waals surface area (Å²) >= 11 is 0. The molecule has 0 spiro atoms. The fraction of sp³-hybridized carbons (Fsp3) is 0.765. The molecular weight excluding hydrogens is 445 g/mol. The molecule has 26 heavy (non-hydrogen) atoms. The number of aryl methyl sites for hydroxylation is 2. The highest BCUT2D eigenvalue weighted by atomic mass is 127. The van der Waals surface area contributed by atoms with E-state index in [2.05, 4.69) is 39.6 Å². The first-order chi connectivity index (χ1) is 12.0. The van der Waals surface area contributed by atoms with Crippen molar-refractivity contribution < 1.29 is 4.79 Å². The summed E-state index contributed by atoms with van der Waals surface area (Å²) in [6.45, 7) is 6.00. The molecule has 0 fully saturated rings. The van der Waals surface area contributed by atoms with Crippen LogP contribution in [0.2, 0.25) is 0 Å². The number of nitrogens with zero attached hydrogens (tertiary/aromatic N) is 5. The number of carbonyl (C=O) groups excluding carboxylic acids is 1. The second-order valence-electron chi connectivity index (χ2n) is 6.59. The third kappa shape index (κ3) is 6.73. The Morgan fingerprint density at radius 3 is 2.81 bits per heavy atom. The molecule has 8 nitrogen and oxygen atoms in total. The van der Waals surface area contributed by atoms with Crippen LogP contribution in [0.25, 0.3) is 0 Å². The first kappa shape index (κ1) is 22.7. The first-order valence-corrected chi connectivity index (χ1v) is 9.21. The highest BCUT2D eigenvalue weighted by Crippen LogP contribution is 2.13. The van der Waals surface area contributed by atoms with Gasteiger partial charge in [0, 0.05) is 39.5 Å². The van der Waals surface area contributed by atoms with Gasteiger partial charge < -0.3 is 15.5 Å². The number of rotatable bonds is 7. The number of halogens is 1. The van der Waals surface area contributed by atoms with Crippen LogP contribution < -0.4 is 10.6 Å². The summed E-state index contributed by atoms with van der Waals surface area (Å²) in [7, 11) is 3.49. The molecule has 1 aromatic heterocycles. The molecule has 148 valence electrons. The molecule has 0 radical (unpaired) electrons. The monoisotopic (exact) mass is 477 g/mol. The van der Waals surface area contributed by atoms with Gasteiger partial charge in [0.1, 0.15) is 12.4 Å². The van der Waals surface area contributed by atoms with Crippen LogP contribution in [0.15, 0.2) is 4.99 Å². The van der Waals surface area contributed by atoms with Crippen LogP contribution in [-0.2, 0) is 24.2 Å². The van der Waals surface area contributed by atoms with Crippen LogP contribution >= 0.6 is 24.0 Å². The number of hydrogen-bond acceptors (Lipinski definition) is 4. The summed E-state index contributed by atoms with van der Waals surface area (Å²) < 4.78 is 1.99. The van der Waals surface area contributed by atoms with E-state index >= 15 is 0 Å².